The van der Waals surface area contributed by atoms with Crippen LogP contribution in [0.25, 0.3) is 0 Å². The number of carboxylic acid groups (broad SMARTS) is 1. The molecule has 5 nitrogen and oxygen atoms in total. The number of halogens is 1. The average molecular weight is 423 g/mol. The molecule has 2 aromatic rings. The zero-order chi connectivity index (χ0) is 23.1. The summed E-state index contributed by atoms with van der Waals surface area (Å²) in [4.78, 5) is 26.7. The van der Waals surface area contributed by atoms with Gasteiger partial charge in [0.15, 0.2) is 6.10 Å². The fourth-order valence-electron chi connectivity index (χ4n) is 4.07. The molecule has 1 aliphatic rings. The van der Waals surface area contributed by atoms with E-state index in [1.54, 1.807) is 31.7 Å². The lowest BCUT2D eigenvalue weighted by Gasteiger charge is -2.28. The van der Waals surface area contributed by atoms with E-state index < -0.39 is 23.5 Å². The molecule has 1 N–H and O–H groups in total. The van der Waals surface area contributed by atoms with Crippen molar-refractivity contribution in [2.24, 2.45) is 0 Å². The van der Waals surface area contributed by atoms with Gasteiger partial charge >= 0.3 is 5.97 Å². The third-order valence-corrected chi connectivity index (χ3v) is 5.48. The summed E-state index contributed by atoms with van der Waals surface area (Å²) in [5.74, 6) is 0.748. The first-order chi connectivity index (χ1) is 14.4. The molecule has 1 aliphatic heterocycles. The number of aliphatic carboxylic acids is 1. The summed E-state index contributed by atoms with van der Waals surface area (Å²) < 4.78 is 19.5. The van der Waals surface area contributed by atoms with Gasteiger partial charge < -0.3 is 14.7 Å². The van der Waals surface area contributed by atoms with Gasteiger partial charge in [0, 0.05) is 29.8 Å². The number of hydrogen-bond acceptors (Lipinski definition) is 3. The molecule has 0 fully saturated rings. The Morgan fingerprint density at radius 1 is 1.19 bits per heavy atom. The van der Waals surface area contributed by atoms with Crippen LogP contribution < -0.4 is 0 Å². The van der Waals surface area contributed by atoms with Crippen LogP contribution in [-0.2, 0) is 22.6 Å². The lowest BCUT2D eigenvalue weighted by Crippen LogP contribution is -2.29. The van der Waals surface area contributed by atoms with Crippen LogP contribution in [0.1, 0.15) is 70.6 Å². The molecule has 6 heteroatoms. The molecule has 3 rings (SSSR count). The third kappa shape index (κ3) is 4.33. The Morgan fingerprint density at radius 3 is 2.32 bits per heavy atom. The Labute approximate surface area is 181 Å². The van der Waals surface area contributed by atoms with Crippen LogP contribution in [-0.4, -0.2) is 27.5 Å². The molecule has 0 saturated heterocycles. The fourth-order valence-corrected chi connectivity index (χ4v) is 4.07. The Kier molecular flexibility index (Phi) is 5.93. The third-order valence-electron chi connectivity index (χ3n) is 5.48. The van der Waals surface area contributed by atoms with Crippen molar-refractivity contribution in [3.8, 4) is 12.3 Å². The standard InChI is InChI=1S/C25H26FNO4/c1-7-18-14(2)19-12-27(23(28)16-9-8-10-17(26)11-16)13-20(19)15(3)21(18)22(24(29)30)31-25(4,5)6/h1,8-11,22H,12-13H2,2-6H3,(H,29,30)/t22-/m0/s1. The number of nitrogens with zero attached hydrogens (tertiary/aromatic N) is 1. The Balaban J connectivity index is 2.08. The summed E-state index contributed by atoms with van der Waals surface area (Å²) in [5.41, 5.74) is 3.72. The van der Waals surface area contributed by atoms with Crippen molar-refractivity contribution >= 4 is 11.9 Å². The second kappa shape index (κ2) is 8.16. The molecule has 31 heavy (non-hydrogen) atoms. The van der Waals surface area contributed by atoms with Gasteiger partial charge in [-0.3, -0.25) is 4.79 Å². The van der Waals surface area contributed by atoms with Crippen LogP contribution in [0.3, 0.4) is 0 Å². The van der Waals surface area contributed by atoms with Crippen LogP contribution >= 0.6 is 0 Å². The van der Waals surface area contributed by atoms with Gasteiger partial charge in [-0.1, -0.05) is 12.0 Å². The molecule has 1 heterocycles. The van der Waals surface area contributed by atoms with Crippen molar-refractivity contribution in [3.05, 3.63) is 69.0 Å². The minimum absolute atomic E-state index is 0.264. The van der Waals surface area contributed by atoms with Crippen LogP contribution in [0.15, 0.2) is 24.3 Å². The molecule has 0 unspecified atom stereocenters. The van der Waals surface area contributed by atoms with Crippen molar-refractivity contribution in [3.63, 3.8) is 0 Å². The van der Waals surface area contributed by atoms with Gasteiger partial charge in [0.1, 0.15) is 5.82 Å². The number of ether oxygens (including phenoxy) is 1. The summed E-state index contributed by atoms with van der Waals surface area (Å²) in [7, 11) is 0. The number of carbonyl (C=O) groups excluding carboxylic acids is 1. The molecule has 0 aromatic heterocycles. The summed E-state index contributed by atoms with van der Waals surface area (Å²) in [5, 5.41) is 9.90. The first-order valence-corrected chi connectivity index (χ1v) is 10.0. The van der Waals surface area contributed by atoms with E-state index in [0.29, 0.717) is 23.2 Å². The maximum Gasteiger partial charge on any atom is 0.337 e. The number of hydrogen-bond donors (Lipinski definition) is 1. The second-order valence-electron chi connectivity index (χ2n) is 8.76. The number of carbonyl (C=O) groups is 2. The Morgan fingerprint density at radius 2 is 1.81 bits per heavy atom. The molecule has 0 spiro atoms. The van der Waals surface area contributed by atoms with Gasteiger partial charge in [-0.15, -0.1) is 6.42 Å². The SMILES string of the molecule is C#Cc1c(C)c2c(c(C)c1[C@H](OC(C)(C)C)C(=O)O)CN(C(=O)c1cccc(F)c1)C2. The molecule has 0 bridgehead atoms. The maximum atomic E-state index is 13.6. The highest BCUT2D eigenvalue weighted by Gasteiger charge is 2.35. The quantitative estimate of drug-likeness (QED) is 0.735. The molecule has 162 valence electrons. The van der Waals surface area contributed by atoms with E-state index in [4.69, 9.17) is 11.2 Å². The second-order valence-corrected chi connectivity index (χ2v) is 8.76. The molecular weight excluding hydrogens is 397 g/mol. The normalized spacial score (nSPS) is 14.2. The van der Waals surface area contributed by atoms with Crippen molar-refractivity contribution in [1.29, 1.82) is 0 Å². The number of fused-ring (bicyclic) bond motifs is 1. The number of carboxylic acids is 1. The van der Waals surface area contributed by atoms with Crippen LogP contribution in [0.2, 0.25) is 0 Å². The van der Waals surface area contributed by atoms with Crippen molar-refractivity contribution in [2.75, 3.05) is 0 Å². The van der Waals surface area contributed by atoms with E-state index in [9.17, 15) is 19.1 Å². The summed E-state index contributed by atoms with van der Waals surface area (Å²) >= 11 is 0. The molecule has 1 atom stereocenters. The molecule has 2 aromatic carbocycles. The van der Waals surface area contributed by atoms with Crippen LogP contribution in [0.4, 0.5) is 4.39 Å². The van der Waals surface area contributed by atoms with E-state index in [0.717, 1.165) is 16.7 Å². The van der Waals surface area contributed by atoms with E-state index in [1.165, 1.54) is 18.2 Å². The fraction of sp³-hybridized carbons (Fsp3) is 0.360. The van der Waals surface area contributed by atoms with E-state index >= 15 is 0 Å². The molecule has 0 aliphatic carbocycles. The monoisotopic (exact) mass is 423 g/mol. The first kappa shape index (κ1) is 22.5. The number of amides is 1. The highest BCUT2D eigenvalue weighted by molar-refractivity contribution is 5.94. The van der Waals surface area contributed by atoms with Crippen molar-refractivity contribution < 1.29 is 23.8 Å². The highest BCUT2D eigenvalue weighted by atomic mass is 19.1. The molecule has 0 radical (unpaired) electrons. The average Bonchev–Trinajstić information content (AvgIpc) is 3.13. The highest BCUT2D eigenvalue weighted by Crippen LogP contribution is 2.39. The van der Waals surface area contributed by atoms with Gasteiger partial charge in [-0.25, -0.2) is 9.18 Å². The Bertz CT molecular complexity index is 1110. The molecule has 1 amide bonds. The van der Waals surface area contributed by atoms with E-state index in [1.807, 2.05) is 13.8 Å². The smallest absolute Gasteiger partial charge is 0.337 e. The predicted octanol–water partition coefficient (Wildman–Crippen LogP) is 4.52. The van der Waals surface area contributed by atoms with E-state index in [2.05, 4.69) is 5.92 Å². The summed E-state index contributed by atoms with van der Waals surface area (Å²) in [6.45, 7) is 9.62. The van der Waals surface area contributed by atoms with Gasteiger partial charge in [0.25, 0.3) is 5.91 Å². The van der Waals surface area contributed by atoms with Crippen molar-refractivity contribution in [2.45, 2.75) is 59.4 Å². The van der Waals surface area contributed by atoms with Gasteiger partial charge in [-0.05, 0) is 75.1 Å². The zero-order valence-corrected chi connectivity index (χ0v) is 18.4. The molecular formula is C25H26FNO4. The van der Waals surface area contributed by atoms with Gasteiger partial charge in [0.2, 0.25) is 0 Å². The number of rotatable bonds is 4. The number of terminal acetylenes is 1. The first-order valence-electron chi connectivity index (χ1n) is 10.0. The topological polar surface area (TPSA) is 66.8 Å². The van der Waals surface area contributed by atoms with Gasteiger partial charge in [0.05, 0.1) is 5.60 Å². The van der Waals surface area contributed by atoms with E-state index in [-0.39, 0.29) is 18.0 Å². The number of benzene rings is 2. The minimum Gasteiger partial charge on any atom is -0.479 e. The maximum absolute atomic E-state index is 13.6. The minimum atomic E-state index is -1.23. The summed E-state index contributed by atoms with van der Waals surface area (Å²) in [6.07, 6.45) is 4.56. The van der Waals surface area contributed by atoms with Crippen LogP contribution in [0, 0.1) is 32.0 Å². The zero-order valence-electron chi connectivity index (χ0n) is 18.4. The predicted molar refractivity (Wildman–Crippen MR) is 115 cm³/mol. The lowest BCUT2D eigenvalue weighted by molar-refractivity contribution is -0.160. The molecule has 0 saturated carbocycles. The van der Waals surface area contributed by atoms with Crippen LogP contribution in [0.5, 0.6) is 0 Å². The van der Waals surface area contributed by atoms with Gasteiger partial charge in [-0.2, -0.15) is 0 Å². The lowest BCUT2D eigenvalue weighted by atomic mass is 9.86. The Hall–Kier alpha value is -3.17. The van der Waals surface area contributed by atoms with Crippen molar-refractivity contribution in [1.82, 2.24) is 4.90 Å². The summed E-state index contributed by atoms with van der Waals surface area (Å²) in [6, 6.07) is 5.57. The largest absolute Gasteiger partial charge is 0.479 e.